The lowest BCUT2D eigenvalue weighted by Gasteiger charge is -2.19. The van der Waals surface area contributed by atoms with E-state index < -0.39 is 0 Å². The summed E-state index contributed by atoms with van der Waals surface area (Å²) < 4.78 is 0. The minimum absolute atomic E-state index is 1.18. The zero-order valence-electron chi connectivity index (χ0n) is 16.2. The molecule has 1 heterocycles. The molecule has 0 saturated heterocycles. The van der Waals surface area contributed by atoms with Gasteiger partial charge in [-0.1, -0.05) is 53.6 Å². The Kier molecular flexibility index (Phi) is 4.00. The van der Waals surface area contributed by atoms with Crippen LogP contribution in [0.1, 0.15) is 11.1 Å². The minimum atomic E-state index is 1.18. The smallest absolute Gasteiger partial charge is 0.142 e. The Balaban J connectivity index is 1.73. The van der Waals surface area contributed by atoms with Crippen molar-refractivity contribution in [2.75, 3.05) is 0 Å². The Hall–Kier alpha value is -3.36. The molecule has 136 valence electrons. The normalized spacial score (nSPS) is 11.5. The van der Waals surface area contributed by atoms with E-state index >= 15 is 0 Å². The maximum Gasteiger partial charge on any atom is 0.142 e. The number of aryl methyl sites for hydroxylation is 2. The SMILES string of the molecule is Cc1ccc([NH+](c2ccc(C)cc2)c2ccc3[nH]c4ccccc4c3c2)cc1. The quantitative estimate of drug-likeness (QED) is 0.385. The fraction of sp³-hybridized carbons (Fsp3) is 0.0769. The summed E-state index contributed by atoms with van der Waals surface area (Å²) in [4.78, 5) is 4.80. The standard InChI is InChI=1S/C26H22N2/c1-18-7-11-20(12-8-18)28(21-13-9-19(2)10-14-21)22-15-16-26-24(17-22)23-5-3-4-6-25(23)27-26/h3-17,27H,1-2H3/p+1. The fourth-order valence-electron chi connectivity index (χ4n) is 3.94. The summed E-state index contributed by atoms with van der Waals surface area (Å²) in [6.07, 6.45) is 0. The molecule has 4 aromatic carbocycles. The first-order valence-electron chi connectivity index (χ1n) is 9.71. The van der Waals surface area contributed by atoms with Crippen LogP contribution in [-0.2, 0) is 0 Å². The maximum absolute atomic E-state index is 3.53. The number of H-pyrrole nitrogens is 1. The molecule has 0 fully saturated rings. The van der Waals surface area contributed by atoms with Gasteiger partial charge in [-0.05, 0) is 26.0 Å². The number of fused-ring (bicyclic) bond motifs is 3. The number of benzene rings is 4. The zero-order chi connectivity index (χ0) is 19.1. The van der Waals surface area contributed by atoms with Crippen LogP contribution in [0.5, 0.6) is 0 Å². The van der Waals surface area contributed by atoms with Crippen LogP contribution in [0.25, 0.3) is 21.8 Å². The number of nitrogens with one attached hydrogen (secondary N) is 2. The van der Waals surface area contributed by atoms with Gasteiger partial charge < -0.3 is 4.98 Å². The third-order valence-electron chi connectivity index (χ3n) is 5.48. The van der Waals surface area contributed by atoms with Crippen LogP contribution in [0.15, 0.2) is 91.0 Å². The average molecular weight is 363 g/mol. The van der Waals surface area contributed by atoms with Crippen LogP contribution in [0.4, 0.5) is 17.1 Å². The van der Waals surface area contributed by atoms with Crippen LogP contribution in [-0.4, -0.2) is 4.98 Å². The highest BCUT2D eigenvalue weighted by atomic mass is 15.1. The molecule has 1 aromatic heterocycles. The van der Waals surface area contributed by atoms with Crippen molar-refractivity contribution in [2.24, 2.45) is 0 Å². The molecule has 2 heteroatoms. The van der Waals surface area contributed by atoms with Crippen LogP contribution in [0.3, 0.4) is 0 Å². The highest BCUT2D eigenvalue weighted by Gasteiger charge is 2.20. The van der Waals surface area contributed by atoms with Gasteiger partial charge >= 0.3 is 0 Å². The molecule has 0 bridgehead atoms. The zero-order valence-corrected chi connectivity index (χ0v) is 16.2. The first kappa shape index (κ1) is 16.8. The number of hydrogen-bond donors (Lipinski definition) is 2. The molecule has 0 unspecified atom stereocenters. The van der Waals surface area contributed by atoms with Gasteiger partial charge in [0.05, 0.1) is 0 Å². The predicted octanol–water partition coefficient (Wildman–Crippen LogP) is 6.12. The van der Waals surface area contributed by atoms with Gasteiger partial charge in [-0.2, -0.15) is 0 Å². The van der Waals surface area contributed by atoms with Gasteiger partial charge in [0, 0.05) is 58.2 Å². The fourth-order valence-corrected chi connectivity index (χ4v) is 3.94. The summed E-state index contributed by atoms with van der Waals surface area (Å²) in [6.45, 7) is 4.26. The van der Waals surface area contributed by atoms with E-state index in [4.69, 9.17) is 0 Å². The third kappa shape index (κ3) is 2.88. The van der Waals surface area contributed by atoms with Crippen molar-refractivity contribution >= 4 is 38.9 Å². The molecule has 0 aliphatic carbocycles. The van der Waals surface area contributed by atoms with E-state index in [0.717, 1.165) is 0 Å². The van der Waals surface area contributed by atoms with Crippen molar-refractivity contribution in [3.8, 4) is 0 Å². The molecule has 5 aromatic rings. The van der Waals surface area contributed by atoms with Crippen LogP contribution in [0.2, 0.25) is 0 Å². The molecule has 0 amide bonds. The molecule has 0 saturated carbocycles. The molecular weight excluding hydrogens is 340 g/mol. The van der Waals surface area contributed by atoms with E-state index in [-0.39, 0.29) is 0 Å². The number of para-hydroxylation sites is 1. The molecule has 0 aliphatic heterocycles. The van der Waals surface area contributed by atoms with Crippen molar-refractivity contribution in [2.45, 2.75) is 13.8 Å². The number of hydrogen-bond acceptors (Lipinski definition) is 0. The van der Waals surface area contributed by atoms with Crippen LogP contribution >= 0.6 is 0 Å². The summed E-state index contributed by atoms with van der Waals surface area (Å²) in [5.41, 5.74) is 8.64. The second kappa shape index (κ2) is 6.66. The largest absolute Gasteiger partial charge is 0.355 e. The van der Waals surface area contributed by atoms with E-state index in [1.807, 2.05) is 0 Å². The Morgan fingerprint density at radius 1 is 0.536 bits per heavy atom. The van der Waals surface area contributed by atoms with Gasteiger partial charge in [-0.3, -0.25) is 0 Å². The molecule has 5 rings (SSSR count). The number of rotatable bonds is 3. The first-order chi connectivity index (χ1) is 13.7. The van der Waals surface area contributed by atoms with E-state index in [1.165, 1.54) is 54.9 Å². The van der Waals surface area contributed by atoms with Crippen molar-refractivity contribution in [3.63, 3.8) is 0 Å². The third-order valence-corrected chi connectivity index (χ3v) is 5.48. The van der Waals surface area contributed by atoms with Gasteiger partial charge in [-0.25, -0.2) is 4.90 Å². The molecular formula is C26H23N2+. The number of aromatic nitrogens is 1. The maximum atomic E-state index is 3.53. The molecule has 2 nitrogen and oxygen atoms in total. The molecule has 2 N–H and O–H groups in total. The van der Waals surface area contributed by atoms with E-state index in [1.54, 1.807) is 0 Å². The van der Waals surface area contributed by atoms with E-state index in [9.17, 15) is 0 Å². The van der Waals surface area contributed by atoms with E-state index in [2.05, 4.69) is 110 Å². The van der Waals surface area contributed by atoms with Gasteiger partial charge in [0.25, 0.3) is 0 Å². The molecule has 0 aliphatic rings. The summed E-state index contributed by atoms with van der Waals surface area (Å²) in [5, 5.41) is 2.54. The second-order valence-electron chi connectivity index (χ2n) is 7.54. The second-order valence-corrected chi connectivity index (χ2v) is 7.54. The summed E-state index contributed by atoms with van der Waals surface area (Å²) in [6, 6.07) is 32.9. The Bertz CT molecular complexity index is 1220. The van der Waals surface area contributed by atoms with Gasteiger partial charge in [0.15, 0.2) is 0 Å². The van der Waals surface area contributed by atoms with Crippen molar-refractivity contribution in [3.05, 3.63) is 102 Å². The Morgan fingerprint density at radius 3 is 1.71 bits per heavy atom. The summed E-state index contributed by atoms with van der Waals surface area (Å²) >= 11 is 0. The molecule has 0 radical (unpaired) electrons. The van der Waals surface area contributed by atoms with Crippen LogP contribution < -0.4 is 4.90 Å². The van der Waals surface area contributed by atoms with Crippen molar-refractivity contribution < 1.29 is 4.90 Å². The highest BCUT2D eigenvalue weighted by Crippen LogP contribution is 2.28. The average Bonchev–Trinajstić information content (AvgIpc) is 3.09. The van der Waals surface area contributed by atoms with Gasteiger partial charge in [0.1, 0.15) is 17.1 Å². The minimum Gasteiger partial charge on any atom is -0.355 e. The molecule has 0 atom stereocenters. The van der Waals surface area contributed by atoms with Gasteiger partial charge in [-0.15, -0.1) is 0 Å². The highest BCUT2D eigenvalue weighted by molar-refractivity contribution is 6.07. The van der Waals surface area contributed by atoms with Crippen molar-refractivity contribution in [1.82, 2.24) is 4.98 Å². The Labute approximate surface area is 165 Å². The topological polar surface area (TPSA) is 20.2 Å². The number of aromatic amines is 1. The molecule has 0 spiro atoms. The van der Waals surface area contributed by atoms with Crippen LogP contribution in [0, 0.1) is 13.8 Å². The van der Waals surface area contributed by atoms with Gasteiger partial charge in [0.2, 0.25) is 0 Å². The monoisotopic (exact) mass is 363 g/mol. The predicted molar refractivity (Wildman–Crippen MR) is 118 cm³/mol. The first-order valence-corrected chi connectivity index (χ1v) is 9.71. The van der Waals surface area contributed by atoms with E-state index in [0.29, 0.717) is 0 Å². The molecule has 28 heavy (non-hydrogen) atoms. The lowest BCUT2D eigenvalue weighted by Crippen LogP contribution is -2.96. The summed E-state index contributed by atoms with van der Waals surface area (Å²) in [7, 11) is 0. The Morgan fingerprint density at radius 2 is 1.07 bits per heavy atom. The van der Waals surface area contributed by atoms with Crippen molar-refractivity contribution in [1.29, 1.82) is 0 Å². The lowest BCUT2D eigenvalue weighted by molar-refractivity contribution is -0.681. The summed E-state index contributed by atoms with van der Waals surface area (Å²) in [5.74, 6) is 0. The number of quaternary nitrogens is 1. The lowest BCUT2D eigenvalue weighted by atomic mass is 10.1.